The van der Waals surface area contributed by atoms with Gasteiger partial charge in [-0.2, -0.15) is 0 Å². The van der Waals surface area contributed by atoms with Gasteiger partial charge in [0.1, 0.15) is 5.84 Å². The Morgan fingerprint density at radius 3 is 2.94 bits per heavy atom. The fraction of sp³-hybridized carbons (Fsp3) is 0.500. The maximum Gasteiger partial charge on any atom is 0.123 e. The molecule has 0 radical (unpaired) electrons. The number of rotatable bonds is 3. The van der Waals surface area contributed by atoms with Gasteiger partial charge in [0.25, 0.3) is 0 Å². The van der Waals surface area contributed by atoms with Crippen LogP contribution in [0.25, 0.3) is 0 Å². The third kappa shape index (κ3) is 1.70. The molecule has 0 amide bonds. The van der Waals surface area contributed by atoms with Crippen molar-refractivity contribution < 1.29 is 0 Å². The predicted octanol–water partition coefficient (Wildman–Crippen LogP) is 2.20. The number of para-hydroxylation sites is 1. The number of nitrogens with one attached hydrogen (secondary N) is 2. The van der Waals surface area contributed by atoms with Crippen LogP contribution in [0.15, 0.2) is 29.3 Å². The van der Waals surface area contributed by atoms with Crippen LogP contribution < -0.4 is 10.6 Å². The molecule has 0 bridgehead atoms. The number of nitrogens with zero attached hydrogens (tertiary/aromatic N) is 1. The number of benzene rings is 1. The molecule has 3 rings (SSSR count). The molecule has 1 unspecified atom stereocenters. The molecule has 0 aromatic heterocycles. The number of anilines is 1. The molecular weight excluding hydrogens is 210 g/mol. The number of aliphatic imine (C=N–C) groups is 1. The summed E-state index contributed by atoms with van der Waals surface area (Å²) in [6, 6.07) is 8.60. The van der Waals surface area contributed by atoms with Gasteiger partial charge in [-0.05, 0) is 18.1 Å². The topological polar surface area (TPSA) is 36.4 Å². The Labute approximate surface area is 102 Å². The van der Waals surface area contributed by atoms with Crippen molar-refractivity contribution in [1.82, 2.24) is 5.32 Å². The maximum atomic E-state index is 4.63. The Balaban J connectivity index is 1.94. The third-order valence-corrected chi connectivity index (χ3v) is 3.69. The summed E-state index contributed by atoms with van der Waals surface area (Å²) in [6.07, 6.45) is 3.36. The van der Waals surface area contributed by atoms with Crippen molar-refractivity contribution in [1.29, 1.82) is 0 Å². The molecule has 1 aromatic rings. The van der Waals surface area contributed by atoms with E-state index in [1.165, 1.54) is 17.7 Å². The highest BCUT2D eigenvalue weighted by Crippen LogP contribution is 2.36. The van der Waals surface area contributed by atoms with Crippen molar-refractivity contribution in [3.8, 4) is 0 Å². The first-order chi connectivity index (χ1) is 8.34. The summed E-state index contributed by atoms with van der Waals surface area (Å²) < 4.78 is 0. The van der Waals surface area contributed by atoms with Gasteiger partial charge in [0.15, 0.2) is 0 Å². The van der Waals surface area contributed by atoms with E-state index < -0.39 is 0 Å². The average Bonchev–Trinajstić information content (AvgIpc) is 2.96. The van der Waals surface area contributed by atoms with Gasteiger partial charge in [0.05, 0.1) is 12.1 Å². The lowest BCUT2D eigenvalue weighted by Crippen LogP contribution is -2.50. The highest BCUT2D eigenvalue weighted by molar-refractivity contribution is 5.97. The van der Waals surface area contributed by atoms with E-state index in [-0.39, 0.29) is 5.54 Å². The molecule has 2 aliphatic heterocycles. The minimum absolute atomic E-state index is 0.0228. The fourth-order valence-electron chi connectivity index (χ4n) is 2.98. The zero-order valence-electron chi connectivity index (χ0n) is 10.3. The summed E-state index contributed by atoms with van der Waals surface area (Å²) in [5.74, 6) is 1.16. The van der Waals surface area contributed by atoms with Crippen molar-refractivity contribution >= 4 is 11.5 Å². The fourth-order valence-corrected chi connectivity index (χ4v) is 2.98. The molecule has 17 heavy (non-hydrogen) atoms. The Morgan fingerprint density at radius 1 is 1.35 bits per heavy atom. The molecule has 1 aromatic carbocycles. The molecule has 90 valence electrons. The zero-order valence-corrected chi connectivity index (χ0v) is 10.3. The molecule has 0 fully saturated rings. The normalized spacial score (nSPS) is 26.1. The van der Waals surface area contributed by atoms with E-state index in [1.807, 2.05) is 0 Å². The van der Waals surface area contributed by atoms with E-state index >= 15 is 0 Å². The van der Waals surface area contributed by atoms with Crippen molar-refractivity contribution in [3.63, 3.8) is 0 Å². The number of hydrogen-bond acceptors (Lipinski definition) is 3. The standard InChI is InChI=1S/C14H19N3/c1-2-7-14(13-15-8-9-16-13)10-11-5-3-4-6-12(11)17-14/h3-6,17H,2,7-10H2,1H3,(H,15,16). The Morgan fingerprint density at radius 2 is 2.24 bits per heavy atom. The van der Waals surface area contributed by atoms with Gasteiger partial charge in [-0.25, -0.2) is 0 Å². The van der Waals surface area contributed by atoms with Crippen molar-refractivity contribution in [2.45, 2.75) is 31.7 Å². The minimum atomic E-state index is 0.0228. The van der Waals surface area contributed by atoms with Gasteiger partial charge in [0, 0.05) is 18.7 Å². The van der Waals surface area contributed by atoms with Gasteiger partial charge in [-0.15, -0.1) is 0 Å². The van der Waals surface area contributed by atoms with Crippen molar-refractivity contribution in [2.24, 2.45) is 4.99 Å². The monoisotopic (exact) mass is 229 g/mol. The lowest BCUT2D eigenvalue weighted by molar-refractivity contribution is 0.559. The van der Waals surface area contributed by atoms with Crippen LogP contribution in [0, 0.1) is 0 Å². The maximum absolute atomic E-state index is 4.63. The first kappa shape index (κ1) is 10.6. The first-order valence-electron chi connectivity index (χ1n) is 6.49. The molecule has 0 saturated heterocycles. The summed E-state index contributed by atoms with van der Waals surface area (Å²) >= 11 is 0. The van der Waals surface area contributed by atoms with E-state index in [0.717, 1.165) is 31.8 Å². The van der Waals surface area contributed by atoms with Gasteiger partial charge >= 0.3 is 0 Å². The lowest BCUT2D eigenvalue weighted by Gasteiger charge is -2.30. The number of amidine groups is 1. The smallest absolute Gasteiger partial charge is 0.123 e. The van der Waals surface area contributed by atoms with Gasteiger partial charge in [0.2, 0.25) is 0 Å². The van der Waals surface area contributed by atoms with E-state index in [4.69, 9.17) is 0 Å². The molecule has 0 saturated carbocycles. The first-order valence-corrected chi connectivity index (χ1v) is 6.49. The largest absolute Gasteiger partial charge is 0.372 e. The summed E-state index contributed by atoms with van der Waals surface area (Å²) in [5, 5.41) is 7.14. The van der Waals surface area contributed by atoms with Crippen molar-refractivity contribution in [3.05, 3.63) is 29.8 Å². The predicted molar refractivity (Wildman–Crippen MR) is 71.7 cm³/mol. The van der Waals surface area contributed by atoms with Crippen LogP contribution in [-0.2, 0) is 6.42 Å². The second-order valence-electron chi connectivity index (χ2n) is 4.95. The summed E-state index contributed by atoms with van der Waals surface area (Å²) in [5.41, 5.74) is 2.71. The quantitative estimate of drug-likeness (QED) is 0.833. The molecule has 2 aliphatic rings. The van der Waals surface area contributed by atoms with Crippen LogP contribution in [0.4, 0.5) is 5.69 Å². The van der Waals surface area contributed by atoms with Crippen molar-refractivity contribution in [2.75, 3.05) is 18.4 Å². The van der Waals surface area contributed by atoms with E-state index in [0.29, 0.717) is 0 Å². The highest BCUT2D eigenvalue weighted by atomic mass is 15.2. The molecule has 2 N–H and O–H groups in total. The van der Waals surface area contributed by atoms with Crippen LogP contribution in [0.5, 0.6) is 0 Å². The van der Waals surface area contributed by atoms with E-state index in [1.54, 1.807) is 0 Å². The zero-order chi connectivity index (χ0) is 11.7. The van der Waals surface area contributed by atoms with E-state index in [9.17, 15) is 0 Å². The molecule has 2 heterocycles. The van der Waals surface area contributed by atoms with Gasteiger partial charge in [-0.3, -0.25) is 4.99 Å². The van der Waals surface area contributed by atoms with Crippen LogP contribution in [0.1, 0.15) is 25.3 Å². The highest BCUT2D eigenvalue weighted by Gasteiger charge is 2.41. The molecule has 3 heteroatoms. The second-order valence-corrected chi connectivity index (χ2v) is 4.95. The Kier molecular flexibility index (Phi) is 2.54. The molecular formula is C14H19N3. The minimum Gasteiger partial charge on any atom is -0.372 e. The molecule has 1 atom stereocenters. The van der Waals surface area contributed by atoms with Crippen LogP contribution in [0.3, 0.4) is 0 Å². The second kappa shape index (κ2) is 4.06. The SMILES string of the molecule is CCCC1(C2=NCCN2)Cc2ccccc2N1. The van der Waals surface area contributed by atoms with E-state index in [2.05, 4.69) is 46.8 Å². The Hall–Kier alpha value is -1.51. The summed E-state index contributed by atoms with van der Waals surface area (Å²) in [4.78, 5) is 4.63. The Bertz CT molecular complexity index is 426. The lowest BCUT2D eigenvalue weighted by atomic mass is 9.89. The van der Waals surface area contributed by atoms with Crippen LogP contribution >= 0.6 is 0 Å². The van der Waals surface area contributed by atoms with Crippen LogP contribution in [-0.4, -0.2) is 24.5 Å². The third-order valence-electron chi connectivity index (χ3n) is 3.69. The average molecular weight is 229 g/mol. The summed E-state index contributed by atoms with van der Waals surface area (Å²) in [6.45, 7) is 4.14. The summed E-state index contributed by atoms with van der Waals surface area (Å²) in [7, 11) is 0. The molecule has 0 spiro atoms. The van der Waals surface area contributed by atoms with Gasteiger partial charge in [-0.1, -0.05) is 31.5 Å². The number of hydrogen-bond donors (Lipinski definition) is 2. The molecule has 3 nitrogen and oxygen atoms in total. The molecule has 0 aliphatic carbocycles. The number of fused-ring (bicyclic) bond motifs is 1. The van der Waals surface area contributed by atoms with Crippen LogP contribution in [0.2, 0.25) is 0 Å². The van der Waals surface area contributed by atoms with Gasteiger partial charge < -0.3 is 10.6 Å².